The summed E-state index contributed by atoms with van der Waals surface area (Å²) >= 11 is 0. The summed E-state index contributed by atoms with van der Waals surface area (Å²) in [6.07, 6.45) is -4.80. The number of carbonyl (C=O) groups excluding carboxylic acids is 1. The highest BCUT2D eigenvalue weighted by Gasteiger charge is 2.31. The summed E-state index contributed by atoms with van der Waals surface area (Å²) in [5, 5.41) is 2.44. The zero-order valence-electron chi connectivity index (χ0n) is 12.3. The fraction of sp³-hybridized carbons (Fsp3) is 0.188. The molecular formula is C16H12F5NO2. The van der Waals surface area contributed by atoms with Crippen LogP contribution in [0.4, 0.5) is 22.0 Å². The molecule has 0 aromatic heterocycles. The Labute approximate surface area is 134 Å². The maximum atomic E-state index is 13.6. The van der Waals surface area contributed by atoms with Gasteiger partial charge in [-0.15, -0.1) is 13.2 Å². The maximum absolute atomic E-state index is 13.6. The second kappa shape index (κ2) is 6.86. The van der Waals surface area contributed by atoms with Gasteiger partial charge in [-0.1, -0.05) is 18.2 Å². The van der Waals surface area contributed by atoms with Crippen LogP contribution in [0.3, 0.4) is 0 Å². The van der Waals surface area contributed by atoms with E-state index in [2.05, 4.69) is 10.1 Å². The first-order valence-electron chi connectivity index (χ1n) is 6.78. The highest BCUT2D eigenvalue weighted by Crippen LogP contribution is 2.24. The van der Waals surface area contributed by atoms with Gasteiger partial charge in [0.15, 0.2) is 11.6 Å². The summed E-state index contributed by atoms with van der Waals surface area (Å²) in [4.78, 5) is 12.0. The van der Waals surface area contributed by atoms with E-state index in [0.29, 0.717) is 5.56 Å². The highest BCUT2D eigenvalue weighted by molar-refractivity contribution is 5.94. The second-order valence-corrected chi connectivity index (χ2v) is 4.91. The molecule has 0 aliphatic carbocycles. The second-order valence-electron chi connectivity index (χ2n) is 4.91. The van der Waals surface area contributed by atoms with E-state index in [1.807, 2.05) is 0 Å². The van der Waals surface area contributed by atoms with Crippen molar-refractivity contribution in [2.45, 2.75) is 19.3 Å². The normalized spacial score (nSPS) is 12.6. The zero-order valence-corrected chi connectivity index (χ0v) is 12.3. The topological polar surface area (TPSA) is 38.3 Å². The van der Waals surface area contributed by atoms with E-state index >= 15 is 0 Å². The third kappa shape index (κ3) is 4.43. The third-order valence-electron chi connectivity index (χ3n) is 3.16. The third-order valence-corrected chi connectivity index (χ3v) is 3.16. The minimum atomic E-state index is -4.80. The van der Waals surface area contributed by atoms with Crippen LogP contribution in [-0.2, 0) is 0 Å². The van der Waals surface area contributed by atoms with Gasteiger partial charge in [-0.05, 0) is 36.8 Å². The minimum Gasteiger partial charge on any atom is -0.406 e. The van der Waals surface area contributed by atoms with Gasteiger partial charge in [0.05, 0.1) is 11.6 Å². The molecule has 24 heavy (non-hydrogen) atoms. The Balaban J connectivity index is 2.08. The summed E-state index contributed by atoms with van der Waals surface area (Å²) in [7, 11) is 0. The number of nitrogens with one attached hydrogen (secondary N) is 1. The molecule has 0 aliphatic heterocycles. The standard InChI is InChI=1S/C16H12F5NO2/c1-9(10-5-7-11(8-6-10)24-16(19,20)21)22-15(23)12-3-2-4-13(17)14(12)18/h2-9H,1H3,(H,22,23). The predicted molar refractivity (Wildman–Crippen MR) is 75.4 cm³/mol. The Hall–Kier alpha value is -2.64. The van der Waals surface area contributed by atoms with Gasteiger partial charge in [0, 0.05) is 0 Å². The molecule has 0 saturated heterocycles. The van der Waals surface area contributed by atoms with Crippen molar-refractivity contribution in [1.29, 1.82) is 0 Å². The molecule has 1 unspecified atom stereocenters. The lowest BCUT2D eigenvalue weighted by molar-refractivity contribution is -0.274. The van der Waals surface area contributed by atoms with E-state index in [1.165, 1.54) is 18.2 Å². The van der Waals surface area contributed by atoms with Crippen molar-refractivity contribution in [3.63, 3.8) is 0 Å². The lowest BCUT2D eigenvalue weighted by Crippen LogP contribution is -2.27. The van der Waals surface area contributed by atoms with Crippen LogP contribution >= 0.6 is 0 Å². The van der Waals surface area contributed by atoms with Crippen molar-refractivity contribution in [3.8, 4) is 5.75 Å². The predicted octanol–water partition coefficient (Wildman–Crippen LogP) is 4.35. The van der Waals surface area contributed by atoms with Crippen LogP contribution in [0.1, 0.15) is 28.9 Å². The fourth-order valence-electron chi connectivity index (χ4n) is 2.00. The molecular weight excluding hydrogens is 333 g/mol. The largest absolute Gasteiger partial charge is 0.573 e. The molecule has 128 valence electrons. The Bertz CT molecular complexity index is 728. The van der Waals surface area contributed by atoms with Crippen molar-refractivity contribution in [2.24, 2.45) is 0 Å². The molecule has 2 rings (SSSR count). The molecule has 2 aromatic rings. The van der Waals surface area contributed by atoms with Crippen molar-refractivity contribution < 1.29 is 31.5 Å². The fourth-order valence-corrected chi connectivity index (χ4v) is 2.00. The van der Waals surface area contributed by atoms with Crippen LogP contribution in [0.15, 0.2) is 42.5 Å². The Kier molecular flexibility index (Phi) is 5.06. The van der Waals surface area contributed by atoms with E-state index in [0.717, 1.165) is 24.3 Å². The molecule has 2 aromatic carbocycles. The van der Waals surface area contributed by atoms with Crippen LogP contribution in [-0.4, -0.2) is 12.3 Å². The van der Waals surface area contributed by atoms with Crippen molar-refractivity contribution in [1.82, 2.24) is 5.32 Å². The molecule has 0 spiro atoms. The molecule has 0 heterocycles. The van der Waals surface area contributed by atoms with E-state index in [4.69, 9.17) is 0 Å². The van der Waals surface area contributed by atoms with Gasteiger partial charge in [-0.25, -0.2) is 8.78 Å². The number of benzene rings is 2. The number of hydrogen-bond donors (Lipinski definition) is 1. The van der Waals surface area contributed by atoms with Crippen LogP contribution in [0.25, 0.3) is 0 Å². The van der Waals surface area contributed by atoms with Crippen molar-refractivity contribution in [3.05, 3.63) is 65.2 Å². The Morgan fingerprint density at radius 3 is 2.29 bits per heavy atom. The van der Waals surface area contributed by atoms with E-state index in [-0.39, 0.29) is 0 Å². The average molecular weight is 345 g/mol. The first-order chi connectivity index (χ1) is 11.2. The molecule has 1 amide bonds. The molecule has 0 bridgehead atoms. The van der Waals surface area contributed by atoms with Crippen LogP contribution in [0, 0.1) is 11.6 Å². The number of amides is 1. The molecule has 3 nitrogen and oxygen atoms in total. The van der Waals surface area contributed by atoms with E-state index < -0.39 is 41.3 Å². The number of hydrogen-bond acceptors (Lipinski definition) is 2. The van der Waals surface area contributed by atoms with Gasteiger partial charge in [0.1, 0.15) is 5.75 Å². The van der Waals surface area contributed by atoms with Gasteiger partial charge in [0.2, 0.25) is 0 Å². The van der Waals surface area contributed by atoms with Gasteiger partial charge in [-0.2, -0.15) is 0 Å². The summed E-state index contributed by atoms with van der Waals surface area (Å²) in [6.45, 7) is 1.55. The number of ether oxygens (including phenoxy) is 1. The first-order valence-corrected chi connectivity index (χ1v) is 6.78. The molecule has 1 N–H and O–H groups in total. The molecule has 0 radical (unpaired) electrons. The van der Waals surface area contributed by atoms with Gasteiger partial charge >= 0.3 is 6.36 Å². The zero-order chi connectivity index (χ0) is 17.9. The van der Waals surface area contributed by atoms with Crippen LogP contribution in [0.5, 0.6) is 5.75 Å². The number of rotatable bonds is 4. The molecule has 0 fully saturated rings. The average Bonchev–Trinajstić information content (AvgIpc) is 2.49. The first kappa shape index (κ1) is 17.7. The van der Waals surface area contributed by atoms with Crippen molar-refractivity contribution >= 4 is 5.91 Å². The summed E-state index contributed by atoms with van der Waals surface area (Å²) in [6, 6.07) is 7.40. The summed E-state index contributed by atoms with van der Waals surface area (Å²) in [5.41, 5.74) is 0.00793. The molecule has 1 atom stereocenters. The van der Waals surface area contributed by atoms with Gasteiger partial charge in [-0.3, -0.25) is 4.79 Å². The van der Waals surface area contributed by atoms with Gasteiger partial charge < -0.3 is 10.1 Å². The molecule has 0 saturated carbocycles. The lowest BCUT2D eigenvalue weighted by Gasteiger charge is -2.16. The quantitative estimate of drug-likeness (QED) is 0.837. The smallest absolute Gasteiger partial charge is 0.406 e. The van der Waals surface area contributed by atoms with Gasteiger partial charge in [0.25, 0.3) is 5.91 Å². The number of alkyl halides is 3. The Morgan fingerprint density at radius 1 is 1.08 bits per heavy atom. The number of halogens is 5. The van der Waals surface area contributed by atoms with E-state index in [1.54, 1.807) is 6.92 Å². The Morgan fingerprint density at radius 2 is 1.71 bits per heavy atom. The maximum Gasteiger partial charge on any atom is 0.573 e. The monoisotopic (exact) mass is 345 g/mol. The van der Waals surface area contributed by atoms with Crippen LogP contribution in [0.2, 0.25) is 0 Å². The SMILES string of the molecule is CC(NC(=O)c1cccc(F)c1F)c1ccc(OC(F)(F)F)cc1. The molecule has 8 heteroatoms. The molecule has 0 aliphatic rings. The van der Waals surface area contributed by atoms with E-state index in [9.17, 15) is 26.7 Å². The minimum absolute atomic E-state index is 0.402. The summed E-state index contributed by atoms with van der Waals surface area (Å²) < 4.78 is 66.7. The lowest BCUT2D eigenvalue weighted by atomic mass is 10.1. The summed E-state index contributed by atoms with van der Waals surface area (Å²) in [5.74, 6) is -3.66. The number of carbonyl (C=O) groups is 1. The van der Waals surface area contributed by atoms with Crippen LogP contribution < -0.4 is 10.1 Å². The van der Waals surface area contributed by atoms with Crippen molar-refractivity contribution in [2.75, 3.05) is 0 Å². The highest BCUT2D eigenvalue weighted by atomic mass is 19.4.